The highest BCUT2D eigenvalue weighted by Gasteiger charge is 2.06. The van der Waals surface area contributed by atoms with E-state index in [0.29, 0.717) is 16.0 Å². The van der Waals surface area contributed by atoms with Crippen LogP contribution in [0.15, 0.2) is 24.3 Å². The lowest BCUT2D eigenvalue weighted by atomic mass is 10.2. The smallest absolute Gasteiger partial charge is 0.232 e. The second-order valence-corrected chi connectivity index (χ2v) is 4.21. The topological polar surface area (TPSA) is 20.3 Å². The van der Waals surface area contributed by atoms with Gasteiger partial charge in [-0.05, 0) is 17.7 Å². The molecule has 76 valence electrons. The molecule has 14 heavy (non-hydrogen) atoms. The van der Waals surface area contributed by atoms with Crippen molar-refractivity contribution in [2.24, 2.45) is 0 Å². The molecule has 0 saturated heterocycles. The van der Waals surface area contributed by atoms with Gasteiger partial charge in [-0.3, -0.25) is 4.79 Å². The fraction of sp³-hybridized carbons (Fsp3) is 0.300. The van der Waals surface area contributed by atoms with Crippen molar-refractivity contribution in [2.75, 3.05) is 11.5 Å². The number of alkyl halides is 1. The summed E-state index contributed by atoms with van der Waals surface area (Å²) < 4.78 is 0.509. The molecule has 1 aromatic rings. The molecule has 1 rings (SSSR count). The standard InChI is InChI=1S/C10H11ClINO/c1-13(10(14)6-12)7-8-3-2-4-9(11)5-8/h2-5H,6-7H2,1H3. The molecule has 0 radical (unpaired) electrons. The van der Waals surface area contributed by atoms with E-state index in [0.717, 1.165) is 5.56 Å². The molecule has 0 unspecified atom stereocenters. The molecular weight excluding hydrogens is 312 g/mol. The van der Waals surface area contributed by atoms with Crippen LogP contribution in [0.4, 0.5) is 0 Å². The second kappa shape index (κ2) is 5.56. The van der Waals surface area contributed by atoms with Gasteiger partial charge in [-0.25, -0.2) is 0 Å². The highest BCUT2D eigenvalue weighted by molar-refractivity contribution is 14.1. The van der Waals surface area contributed by atoms with Crippen LogP contribution in [-0.4, -0.2) is 22.3 Å². The molecule has 2 nitrogen and oxygen atoms in total. The summed E-state index contributed by atoms with van der Waals surface area (Å²) in [4.78, 5) is 13.0. The predicted molar refractivity (Wildman–Crippen MR) is 66.8 cm³/mol. The first kappa shape index (κ1) is 11.8. The van der Waals surface area contributed by atoms with Gasteiger partial charge in [-0.15, -0.1) is 0 Å². The molecular formula is C10H11ClINO. The molecule has 0 aliphatic carbocycles. The zero-order chi connectivity index (χ0) is 10.6. The Kier molecular flexibility index (Phi) is 4.68. The van der Waals surface area contributed by atoms with Crippen LogP contribution in [0.3, 0.4) is 0 Å². The lowest BCUT2D eigenvalue weighted by molar-refractivity contribution is -0.127. The maximum Gasteiger partial charge on any atom is 0.232 e. The quantitative estimate of drug-likeness (QED) is 0.619. The van der Waals surface area contributed by atoms with Crippen molar-refractivity contribution in [1.82, 2.24) is 4.90 Å². The molecule has 0 spiro atoms. The Balaban J connectivity index is 2.64. The first-order valence-electron chi connectivity index (χ1n) is 4.18. The van der Waals surface area contributed by atoms with Crippen molar-refractivity contribution in [1.29, 1.82) is 0 Å². The Hall–Kier alpha value is -0.290. The number of amides is 1. The maximum atomic E-state index is 11.3. The molecule has 1 amide bonds. The summed E-state index contributed by atoms with van der Waals surface area (Å²) in [7, 11) is 1.79. The fourth-order valence-corrected chi connectivity index (χ4v) is 1.89. The monoisotopic (exact) mass is 323 g/mol. The number of carbonyl (C=O) groups is 1. The molecule has 0 fully saturated rings. The van der Waals surface area contributed by atoms with Crippen LogP contribution in [0.1, 0.15) is 5.56 Å². The van der Waals surface area contributed by atoms with Crippen LogP contribution >= 0.6 is 34.2 Å². The van der Waals surface area contributed by atoms with Crippen LogP contribution in [-0.2, 0) is 11.3 Å². The van der Waals surface area contributed by atoms with E-state index < -0.39 is 0 Å². The second-order valence-electron chi connectivity index (χ2n) is 3.01. The van der Waals surface area contributed by atoms with Gasteiger partial charge in [0.1, 0.15) is 0 Å². The number of hydrogen-bond acceptors (Lipinski definition) is 1. The number of hydrogen-bond donors (Lipinski definition) is 0. The highest BCUT2D eigenvalue weighted by Crippen LogP contribution is 2.12. The van der Waals surface area contributed by atoms with Gasteiger partial charge in [0.2, 0.25) is 5.91 Å². The summed E-state index contributed by atoms with van der Waals surface area (Å²) in [5, 5.41) is 0.706. The van der Waals surface area contributed by atoms with Gasteiger partial charge < -0.3 is 4.90 Å². The minimum atomic E-state index is 0.130. The van der Waals surface area contributed by atoms with E-state index in [2.05, 4.69) is 22.6 Å². The Morgan fingerprint density at radius 2 is 2.29 bits per heavy atom. The van der Waals surface area contributed by atoms with E-state index in [9.17, 15) is 4.79 Å². The zero-order valence-corrected chi connectivity index (χ0v) is 10.7. The minimum Gasteiger partial charge on any atom is -0.341 e. The zero-order valence-electron chi connectivity index (χ0n) is 7.84. The summed E-state index contributed by atoms with van der Waals surface area (Å²) in [5.74, 6) is 0.130. The Morgan fingerprint density at radius 3 is 2.86 bits per heavy atom. The normalized spacial score (nSPS) is 9.93. The maximum absolute atomic E-state index is 11.3. The molecule has 0 heterocycles. The van der Waals surface area contributed by atoms with E-state index >= 15 is 0 Å². The van der Waals surface area contributed by atoms with Crippen molar-refractivity contribution >= 4 is 40.1 Å². The van der Waals surface area contributed by atoms with E-state index in [-0.39, 0.29) is 5.91 Å². The highest BCUT2D eigenvalue weighted by atomic mass is 127. The largest absolute Gasteiger partial charge is 0.341 e. The predicted octanol–water partition coefficient (Wildman–Crippen LogP) is 2.73. The third-order valence-electron chi connectivity index (χ3n) is 1.85. The van der Waals surface area contributed by atoms with Crippen molar-refractivity contribution in [3.05, 3.63) is 34.9 Å². The first-order valence-corrected chi connectivity index (χ1v) is 6.08. The van der Waals surface area contributed by atoms with Gasteiger partial charge in [0.15, 0.2) is 0 Å². The van der Waals surface area contributed by atoms with E-state index in [1.807, 2.05) is 24.3 Å². The van der Waals surface area contributed by atoms with Crippen molar-refractivity contribution < 1.29 is 4.79 Å². The third-order valence-corrected chi connectivity index (χ3v) is 2.74. The van der Waals surface area contributed by atoms with Gasteiger partial charge >= 0.3 is 0 Å². The number of benzene rings is 1. The van der Waals surface area contributed by atoms with Crippen molar-refractivity contribution in [3.8, 4) is 0 Å². The van der Waals surface area contributed by atoms with Gasteiger partial charge in [0.05, 0.1) is 4.43 Å². The van der Waals surface area contributed by atoms with Gasteiger partial charge in [0, 0.05) is 18.6 Å². The van der Waals surface area contributed by atoms with E-state index in [1.165, 1.54) is 0 Å². The number of carbonyl (C=O) groups excluding carboxylic acids is 1. The number of rotatable bonds is 3. The average molecular weight is 324 g/mol. The summed E-state index contributed by atoms with van der Waals surface area (Å²) in [6.07, 6.45) is 0. The van der Waals surface area contributed by atoms with Crippen molar-refractivity contribution in [2.45, 2.75) is 6.54 Å². The molecule has 0 saturated carbocycles. The summed E-state index contributed by atoms with van der Waals surface area (Å²) in [5.41, 5.74) is 1.05. The third kappa shape index (κ3) is 3.46. The SMILES string of the molecule is CN(Cc1cccc(Cl)c1)C(=O)CI. The number of nitrogens with zero attached hydrogens (tertiary/aromatic N) is 1. The van der Waals surface area contributed by atoms with Crippen LogP contribution in [0.25, 0.3) is 0 Å². The Labute approximate surface area is 102 Å². The van der Waals surface area contributed by atoms with Gasteiger partial charge in [-0.1, -0.05) is 46.3 Å². The fourth-order valence-electron chi connectivity index (χ4n) is 1.10. The molecule has 0 bridgehead atoms. The summed E-state index contributed by atoms with van der Waals surface area (Å²) in [6.45, 7) is 0.613. The number of halogens is 2. The van der Waals surface area contributed by atoms with Crippen LogP contribution in [0.5, 0.6) is 0 Å². The molecule has 0 N–H and O–H groups in total. The summed E-state index contributed by atoms with van der Waals surface area (Å²) >= 11 is 7.90. The van der Waals surface area contributed by atoms with Gasteiger partial charge in [-0.2, -0.15) is 0 Å². The minimum absolute atomic E-state index is 0.130. The Bertz CT molecular complexity index is 330. The average Bonchev–Trinajstić information content (AvgIpc) is 2.16. The van der Waals surface area contributed by atoms with E-state index in [1.54, 1.807) is 11.9 Å². The van der Waals surface area contributed by atoms with E-state index in [4.69, 9.17) is 11.6 Å². The summed E-state index contributed by atoms with van der Waals surface area (Å²) in [6, 6.07) is 7.55. The molecule has 0 aromatic heterocycles. The van der Waals surface area contributed by atoms with Crippen LogP contribution in [0, 0.1) is 0 Å². The Morgan fingerprint density at radius 1 is 1.57 bits per heavy atom. The molecule has 0 aliphatic rings. The lowest BCUT2D eigenvalue weighted by Gasteiger charge is -2.15. The molecule has 0 atom stereocenters. The molecule has 1 aromatic carbocycles. The lowest BCUT2D eigenvalue weighted by Crippen LogP contribution is -2.26. The molecule has 0 aliphatic heterocycles. The molecule has 4 heteroatoms. The van der Waals surface area contributed by atoms with Crippen LogP contribution < -0.4 is 0 Å². The van der Waals surface area contributed by atoms with Gasteiger partial charge in [0.25, 0.3) is 0 Å². The van der Waals surface area contributed by atoms with Crippen LogP contribution in [0.2, 0.25) is 5.02 Å². The van der Waals surface area contributed by atoms with Crippen molar-refractivity contribution in [3.63, 3.8) is 0 Å². The first-order chi connectivity index (χ1) is 6.63.